The van der Waals surface area contributed by atoms with Gasteiger partial charge in [-0.3, -0.25) is 4.90 Å². The van der Waals surface area contributed by atoms with Gasteiger partial charge in [0.2, 0.25) is 0 Å². The van der Waals surface area contributed by atoms with Crippen molar-refractivity contribution in [1.29, 1.82) is 0 Å². The van der Waals surface area contributed by atoms with Gasteiger partial charge in [-0.2, -0.15) is 0 Å². The lowest BCUT2D eigenvalue weighted by Crippen LogP contribution is -2.37. The highest BCUT2D eigenvalue weighted by Crippen LogP contribution is 2.15. The largest absolute Gasteiger partial charge is 0.315 e. The second kappa shape index (κ2) is 5.55. The predicted octanol–water partition coefficient (Wildman–Crippen LogP) is 1.47. The maximum atomic E-state index is 3.50. The number of hydrogen-bond donors (Lipinski definition) is 1. The second-order valence-corrected chi connectivity index (χ2v) is 3.63. The van der Waals surface area contributed by atoms with Gasteiger partial charge in [0.25, 0.3) is 0 Å². The van der Waals surface area contributed by atoms with Crippen molar-refractivity contribution in [3.8, 4) is 0 Å². The molecule has 0 unspecified atom stereocenters. The Labute approximate surface area is 76.3 Å². The quantitative estimate of drug-likeness (QED) is 0.629. The first kappa shape index (κ1) is 10.0. The molecule has 1 aliphatic rings. The minimum atomic E-state index is 0.821. The number of nitrogens with zero attached hydrogens (tertiary/aromatic N) is 1. The highest BCUT2D eigenvalue weighted by molar-refractivity contribution is 4.79. The lowest BCUT2D eigenvalue weighted by molar-refractivity contribution is 0.260. The normalized spacial score (nSPS) is 25.0. The summed E-state index contributed by atoms with van der Waals surface area (Å²) in [4.78, 5) is 2.59. The molecule has 1 heterocycles. The van der Waals surface area contributed by atoms with Gasteiger partial charge in [-0.15, -0.1) is 0 Å². The topological polar surface area (TPSA) is 15.3 Å². The van der Waals surface area contributed by atoms with Crippen molar-refractivity contribution in [2.24, 2.45) is 0 Å². The summed E-state index contributed by atoms with van der Waals surface area (Å²) in [5.41, 5.74) is 0. The van der Waals surface area contributed by atoms with Crippen LogP contribution in [-0.2, 0) is 0 Å². The zero-order chi connectivity index (χ0) is 8.81. The van der Waals surface area contributed by atoms with Gasteiger partial charge in [-0.1, -0.05) is 13.8 Å². The zero-order valence-electron chi connectivity index (χ0n) is 8.47. The molecular formula is C10H22N2. The summed E-state index contributed by atoms with van der Waals surface area (Å²) in [6.45, 7) is 9.39. The second-order valence-electron chi connectivity index (χ2n) is 3.63. The first-order valence-electron chi connectivity index (χ1n) is 5.33. The Morgan fingerprint density at radius 1 is 1.42 bits per heavy atom. The van der Waals surface area contributed by atoms with Gasteiger partial charge in [0.15, 0.2) is 0 Å². The lowest BCUT2D eigenvalue weighted by Gasteiger charge is -2.22. The Balaban J connectivity index is 2.12. The average molecular weight is 170 g/mol. The van der Waals surface area contributed by atoms with Gasteiger partial charge < -0.3 is 5.32 Å². The van der Waals surface area contributed by atoms with Crippen LogP contribution >= 0.6 is 0 Å². The maximum absolute atomic E-state index is 3.50. The minimum absolute atomic E-state index is 0.821. The number of rotatable bonds is 5. The Bertz CT molecular complexity index is 114. The molecule has 0 spiro atoms. The third-order valence-electron chi connectivity index (χ3n) is 2.71. The van der Waals surface area contributed by atoms with Gasteiger partial charge in [0.1, 0.15) is 0 Å². The summed E-state index contributed by atoms with van der Waals surface area (Å²) in [7, 11) is 0. The third kappa shape index (κ3) is 2.76. The van der Waals surface area contributed by atoms with E-state index in [1.54, 1.807) is 0 Å². The first-order chi connectivity index (χ1) is 5.88. The van der Waals surface area contributed by atoms with Gasteiger partial charge in [-0.05, 0) is 38.9 Å². The van der Waals surface area contributed by atoms with Gasteiger partial charge in [-0.25, -0.2) is 0 Å². The molecule has 2 nitrogen and oxygen atoms in total. The zero-order valence-corrected chi connectivity index (χ0v) is 8.47. The van der Waals surface area contributed by atoms with E-state index in [0.29, 0.717) is 0 Å². The van der Waals surface area contributed by atoms with E-state index in [2.05, 4.69) is 24.1 Å². The number of hydrogen-bond acceptors (Lipinski definition) is 2. The van der Waals surface area contributed by atoms with Crippen LogP contribution in [0.15, 0.2) is 0 Å². The van der Waals surface area contributed by atoms with Crippen LogP contribution in [0, 0.1) is 0 Å². The molecule has 1 atom stereocenters. The van der Waals surface area contributed by atoms with E-state index < -0.39 is 0 Å². The van der Waals surface area contributed by atoms with Gasteiger partial charge in [0, 0.05) is 12.6 Å². The van der Waals surface area contributed by atoms with E-state index in [0.717, 1.165) is 6.04 Å². The molecule has 72 valence electrons. The molecule has 0 amide bonds. The summed E-state index contributed by atoms with van der Waals surface area (Å²) in [6, 6.07) is 0.821. The first-order valence-corrected chi connectivity index (χ1v) is 5.33. The van der Waals surface area contributed by atoms with Crippen molar-refractivity contribution < 1.29 is 0 Å². The molecule has 1 rings (SSSR count). The van der Waals surface area contributed by atoms with Crippen molar-refractivity contribution in [1.82, 2.24) is 10.2 Å². The fourth-order valence-electron chi connectivity index (χ4n) is 1.99. The summed E-state index contributed by atoms with van der Waals surface area (Å²) in [5.74, 6) is 0. The number of nitrogens with one attached hydrogen (secondary N) is 1. The maximum Gasteiger partial charge on any atom is 0.0220 e. The van der Waals surface area contributed by atoms with Crippen LogP contribution in [0.4, 0.5) is 0 Å². The van der Waals surface area contributed by atoms with E-state index in [9.17, 15) is 0 Å². The molecule has 0 aromatic heterocycles. The third-order valence-corrected chi connectivity index (χ3v) is 2.71. The van der Waals surface area contributed by atoms with E-state index in [1.807, 2.05) is 0 Å². The monoisotopic (exact) mass is 170 g/mol. The molecule has 1 aliphatic heterocycles. The number of likely N-dealkylation sites (N-methyl/N-ethyl adjacent to an activating group) is 1. The Morgan fingerprint density at radius 3 is 2.92 bits per heavy atom. The Morgan fingerprint density at radius 2 is 2.25 bits per heavy atom. The minimum Gasteiger partial charge on any atom is -0.315 e. The van der Waals surface area contributed by atoms with Crippen molar-refractivity contribution in [2.75, 3.05) is 26.2 Å². The molecule has 1 saturated heterocycles. The molecular weight excluding hydrogens is 148 g/mol. The fourth-order valence-corrected chi connectivity index (χ4v) is 1.99. The molecule has 2 heteroatoms. The highest BCUT2D eigenvalue weighted by atomic mass is 15.2. The fraction of sp³-hybridized carbons (Fsp3) is 1.00. The SMILES string of the molecule is CCCNC[C@@H]1CCCN1CC. The van der Waals surface area contributed by atoms with Crippen molar-refractivity contribution in [2.45, 2.75) is 39.2 Å². The van der Waals surface area contributed by atoms with Crippen LogP contribution in [0.5, 0.6) is 0 Å². The highest BCUT2D eigenvalue weighted by Gasteiger charge is 2.21. The van der Waals surface area contributed by atoms with Crippen molar-refractivity contribution in [3.63, 3.8) is 0 Å². The van der Waals surface area contributed by atoms with Gasteiger partial charge >= 0.3 is 0 Å². The van der Waals surface area contributed by atoms with Crippen molar-refractivity contribution >= 4 is 0 Å². The van der Waals surface area contributed by atoms with Crippen LogP contribution in [0.3, 0.4) is 0 Å². The van der Waals surface area contributed by atoms with Crippen LogP contribution in [0.25, 0.3) is 0 Å². The summed E-state index contributed by atoms with van der Waals surface area (Å²) in [6.07, 6.45) is 4.04. The Kier molecular flexibility index (Phi) is 4.62. The van der Waals surface area contributed by atoms with E-state index in [1.165, 1.54) is 45.4 Å². The molecule has 1 fully saturated rings. The summed E-state index contributed by atoms with van der Waals surface area (Å²) < 4.78 is 0. The molecule has 12 heavy (non-hydrogen) atoms. The van der Waals surface area contributed by atoms with Gasteiger partial charge in [0.05, 0.1) is 0 Å². The molecule has 0 aliphatic carbocycles. The van der Waals surface area contributed by atoms with E-state index >= 15 is 0 Å². The standard InChI is InChI=1S/C10H22N2/c1-3-7-11-9-10-6-5-8-12(10)4-2/h10-11H,3-9H2,1-2H3/t10-/m0/s1. The van der Waals surface area contributed by atoms with Crippen LogP contribution in [-0.4, -0.2) is 37.1 Å². The van der Waals surface area contributed by atoms with Crippen LogP contribution < -0.4 is 5.32 Å². The molecule has 0 aromatic carbocycles. The average Bonchev–Trinajstić information content (AvgIpc) is 2.52. The molecule has 0 bridgehead atoms. The smallest absolute Gasteiger partial charge is 0.0220 e. The lowest BCUT2D eigenvalue weighted by atomic mass is 10.2. The van der Waals surface area contributed by atoms with E-state index in [4.69, 9.17) is 0 Å². The molecule has 0 radical (unpaired) electrons. The van der Waals surface area contributed by atoms with Crippen molar-refractivity contribution in [3.05, 3.63) is 0 Å². The summed E-state index contributed by atoms with van der Waals surface area (Å²) in [5, 5.41) is 3.50. The van der Waals surface area contributed by atoms with Crippen LogP contribution in [0.1, 0.15) is 33.1 Å². The molecule has 0 aromatic rings. The Hall–Kier alpha value is -0.0800. The van der Waals surface area contributed by atoms with Crippen LogP contribution in [0.2, 0.25) is 0 Å². The number of likely N-dealkylation sites (tertiary alicyclic amines) is 1. The summed E-state index contributed by atoms with van der Waals surface area (Å²) >= 11 is 0. The van der Waals surface area contributed by atoms with E-state index in [-0.39, 0.29) is 0 Å². The predicted molar refractivity (Wildman–Crippen MR) is 53.4 cm³/mol. The molecule has 0 saturated carbocycles. The molecule has 1 N–H and O–H groups in total.